The molecule has 3 fully saturated rings. The van der Waals surface area contributed by atoms with E-state index in [0.29, 0.717) is 37.7 Å². The van der Waals surface area contributed by atoms with E-state index < -0.39 is 15.3 Å². The molecule has 30 heavy (non-hydrogen) atoms. The van der Waals surface area contributed by atoms with E-state index in [2.05, 4.69) is 0 Å². The lowest BCUT2D eigenvalue weighted by atomic mass is 10.3. The second-order valence-corrected chi connectivity index (χ2v) is 11.8. The maximum atomic E-state index is 14.4. The Balaban J connectivity index is 1.58. The molecule has 2 aromatic rings. The fraction of sp³-hybridized carbons (Fsp3) is 0.400. The number of nitrogens with zero attached hydrogens (tertiary/aromatic N) is 4. The number of para-hydroxylation sites is 2. The highest BCUT2D eigenvalue weighted by Gasteiger charge is 2.62. The summed E-state index contributed by atoms with van der Waals surface area (Å²) in [5.41, 5.74) is 0. The van der Waals surface area contributed by atoms with Gasteiger partial charge in [-0.2, -0.15) is 0 Å². The Morgan fingerprint density at radius 2 is 0.833 bits per heavy atom. The number of hydrogen-bond acceptors (Lipinski definition) is 4. The van der Waals surface area contributed by atoms with Crippen LogP contribution in [-0.2, 0) is 9.13 Å². The average molecular weight is 448 g/mol. The van der Waals surface area contributed by atoms with Crippen molar-refractivity contribution in [1.82, 2.24) is 19.1 Å². The van der Waals surface area contributed by atoms with Crippen molar-refractivity contribution in [2.24, 2.45) is 0 Å². The third-order valence-electron chi connectivity index (χ3n) is 5.57. The zero-order valence-electron chi connectivity index (χ0n) is 16.7. The fourth-order valence-electron chi connectivity index (χ4n) is 4.17. The van der Waals surface area contributed by atoms with Gasteiger partial charge in [-0.05, 0) is 49.9 Å². The van der Waals surface area contributed by atoms with Gasteiger partial charge in [-0.25, -0.2) is 9.13 Å². The molecule has 3 saturated heterocycles. The highest BCUT2D eigenvalue weighted by atomic mass is 31.2. The summed E-state index contributed by atoms with van der Waals surface area (Å²) >= 11 is 0. The summed E-state index contributed by atoms with van der Waals surface area (Å²) in [6, 6.07) is 18.4. The van der Waals surface area contributed by atoms with Crippen molar-refractivity contribution in [3.8, 4) is 11.5 Å². The second-order valence-electron chi connectivity index (χ2n) is 7.59. The molecule has 2 aromatic carbocycles. The van der Waals surface area contributed by atoms with Gasteiger partial charge in [-0.15, -0.1) is 19.1 Å². The van der Waals surface area contributed by atoms with Crippen molar-refractivity contribution in [2.45, 2.75) is 25.7 Å². The molecule has 8 nitrogen and oxygen atoms in total. The van der Waals surface area contributed by atoms with Crippen LogP contribution in [0.25, 0.3) is 0 Å². The molecule has 0 saturated carbocycles. The molecule has 5 rings (SSSR count). The Morgan fingerprint density at radius 3 is 1.13 bits per heavy atom. The van der Waals surface area contributed by atoms with E-state index in [1.165, 1.54) is 0 Å². The normalized spacial score (nSPS) is 30.9. The van der Waals surface area contributed by atoms with E-state index in [-0.39, 0.29) is 0 Å². The highest BCUT2D eigenvalue weighted by molar-refractivity contribution is 7.60. The SMILES string of the molecule is O=P1(Oc2ccccc2)N2CCCCN2P(=O)(Oc2ccccc2)N2CCCCN21. The van der Waals surface area contributed by atoms with Crippen molar-refractivity contribution < 1.29 is 18.2 Å². The van der Waals surface area contributed by atoms with E-state index >= 15 is 0 Å². The molecule has 10 heteroatoms. The van der Waals surface area contributed by atoms with Gasteiger partial charge in [0, 0.05) is 26.2 Å². The number of hydrazine groups is 2. The molecule has 0 aliphatic carbocycles. The van der Waals surface area contributed by atoms with E-state index in [0.717, 1.165) is 25.7 Å². The summed E-state index contributed by atoms with van der Waals surface area (Å²) in [5, 5.41) is 0. The summed E-state index contributed by atoms with van der Waals surface area (Å²) in [4.78, 5) is 0. The van der Waals surface area contributed by atoms with Crippen LogP contribution < -0.4 is 9.05 Å². The van der Waals surface area contributed by atoms with Gasteiger partial charge in [0.2, 0.25) is 0 Å². The van der Waals surface area contributed by atoms with Gasteiger partial charge >= 0.3 is 15.3 Å². The smallest absolute Gasteiger partial charge is 0.420 e. The van der Waals surface area contributed by atoms with Crippen LogP contribution in [0.2, 0.25) is 0 Å². The Bertz CT molecular complexity index is 866. The van der Waals surface area contributed by atoms with Crippen molar-refractivity contribution in [3.05, 3.63) is 60.7 Å². The van der Waals surface area contributed by atoms with Crippen LogP contribution in [0.4, 0.5) is 0 Å². The molecule has 0 radical (unpaired) electrons. The topological polar surface area (TPSA) is 65.6 Å². The maximum absolute atomic E-state index is 14.4. The number of fused-ring (bicyclic) bond motifs is 2. The molecular formula is C20H26N4O4P2. The lowest BCUT2D eigenvalue weighted by Crippen LogP contribution is -2.60. The Morgan fingerprint density at radius 1 is 0.533 bits per heavy atom. The number of hydrogen-bond donors (Lipinski definition) is 0. The standard InChI is InChI=1S/C20H26N4O4P2/c25-29(27-19-11-3-1-4-12-19)21-15-7-9-17-23(21)30(26,24-18-10-8-16-22(24)29)28-20-13-5-2-6-14-20/h1-6,11-14H,7-10,15-18H2. The molecule has 0 atom stereocenters. The number of benzene rings is 2. The number of rotatable bonds is 4. The first-order chi connectivity index (χ1) is 14.6. The molecule has 3 aliphatic rings. The van der Waals surface area contributed by atoms with E-state index in [1.54, 1.807) is 43.4 Å². The third kappa shape index (κ3) is 3.42. The average Bonchev–Trinajstić information content (AvgIpc) is 2.80. The fourth-order valence-corrected chi connectivity index (χ4v) is 10.0. The molecule has 0 aromatic heterocycles. The molecule has 160 valence electrons. The monoisotopic (exact) mass is 448 g/mol. The van der Waals surface area contributed by atoms with Crippen LogP contribution in [0.3, 0.4) is 0 Å². The Kier molecular flexibility index (Phi) is 5.48. The largest absolute Gasteiger partial charge is 0.423 e. The van der Waals surface area contributed by atoms with Gasteiger partial charge in [0.25, 0.3) is 0 Å². The molecule has 0 bridgehead atoms. The van der Waals surface area contributed by atoms with Gasteiger partial charge in [0.15, 0.2) is 0 Å². The Hall–Kier alpha value is -1.66. The maximum Gasteiger partial charge on any atom is 0.423 e. The molecule has 0 spiro atoms. The third-order valence-corrected chi connectivity index (χ3v) is 10.7. The van der Waals surface area contributed by atoms with Crippen LogP contribution in [0.15, 0.2) is 60.7 Å². The summed E-state index contributed by atoms with van der Waals surface area (Å²) in [6.45, 7) is 2.04. The van der Waals surface area contributed by atoms with Crippen LogP contribution in [0, 0.1) is 0 Å². The zero-order valence-corrected chi connectivity index (χ0v) is 18.5. The molecule has 0 amide bonds. The van der Waals surface area contributed by atoms with E-state index in [1.807, 2.05) is 36.4 Å². The van der Waals surface area contributed by atoms with Gasteiger partial charge in [-0.1, -0.05) is 36.4 Å². The van der Waals surface area contributed by atoms with Crippen LogP contribution in [0.5, 0.6) is 11.5 Å². The van der Waals surface area contributed by atoms with Gasteiger partial charge in [0.05, 0.1) is 0 Å². The lowest BCUT2D eigenvalue weighted by molar-refractivity contribution is -0.0206. The minimum Gasteiger partial charge on any atom is -0.420 e. The van der Waals surface area contributed by atoms with Gasteiger partial charge in [0.1, 0.15) is 11.5 Å². The van der Waals surface area contributed by atoms with E-state index in [4.69, 9.17) is 9.05 Å². The first kappa shape index (κ1) is 20.3. The van der Waals surface area contributed by atoms with Crippen LogP contribution in [-0.4, -0.2) is 45.3 Å². The molecule has 3 heterocycles. The lowest BCUT2D eigenvalue weighted by Gasteiger charge is -2.57. The molecule has 3 aliphatic heterocycles. The minimum atomic E-state index is -3.52. The van der Waals surface area contributed by atoms with Crippen LogP contribution in [0.1, 0.15) is 25.7 Å². The quantitative estimate of drug-likeness (QED) is 0.606. The second kappa shape index (κ2) is 8.12. The van der Waals surface area contributed by atoms with Crippen molar-refractivity contribution in [3.63, 3.8) is 0 Å². The minimum absolute atomic E-state index is 0.511. The summed E-state index contributed by atoms with van der Waals surface area (Å²) in [6.07, 6.45) is 3.44. The van der Waals surface area contributed by atoms with Gasteiger partial charge < -0.3 is 9.05 Å². The first-order valence-electron chi connectivity index (χ1n) is 10.4. The van der Waals surface area contributed by atoms with Crippen molar-refractivity contribution in [2.75, 3.05) is 26.2 Å². The van der Waals surface area contributed by atoms with E-state index in [9.17, 15) is 9.13 Å². The first-order valence-corrected chi connectivity index (χ1v) is 13.5. The summed E-state index contributed by atoms with van der Waals surface area (Å²) in [5.74, 6) is 1.08. The van der Waals surface area contributed by atoms with Crippen LogP contribution >= 0.6 is 15.3 Å². The molecule has 0 N–H and O–H groups in total. The van der Waals surface area contributed by atoms with Crippen molar-refractivity contribution in [1.29, 1.82) is 0 Å². The molecular weight excluding hydrogens is 422 g/mol. The predicted octanol–water partition coefficient (Wildman–Crippen LogP) is 5.00. The predicted molar refractivity (Wildman–Crippen MR) is 115 cm³/mol. The van der Waals surface area contributed by atoms with Gasteiger partial charge in [-0.3, -0.25) is 0 Å². The Labute approximate surface area is 177 Å². The summed E-state index contributed by atoms with van der Waals surface area (Å²) < 4.78 is 48.0. The summed E-state index contributed by atoms with van der Waals surface area (Å²) in [7, 11) is -7.03. The molecule has 0 unspecified atom stereocenters. The van der Waals surface area contributed by atoms with Crippen molar-refractivity contribution >= 4 is 15.3 Å². The highest BCUT2D eigenvalue weighted by Crippen LogP contribution is 2.72. The zero-order chi connectivity index (χ0) is 20.6.